The molecule has 1 N–H and O–H groups in total. The molecule has 0 aliphatic carbocycles. The van der Waals surface area contributed by atoms with E-state index in [2.05, 4.69) is 16.4 Å². The molecule has 0 spiro atoms. The zero-order chi connectivity index (χ0) is 17.5. The molecule has 0 aliphatic rings. The van der Waals surface area contributed by atoms with E-state index in [1.807, 2.05) is 42.5 Å². The van der Waals surface area contributed by atoms with Crippen molar-refractivity contribution in [2.75, 3.05) is 12.9 Å². The first-order valence-corrected chi connectivity index (χ1v) is 9.93. The van der Waals surface area contributed by atoms with E-state index in [1.54, 1.807) is 30.2 Å². The highest BCUT2D eigenvalue weighted by Crippen LogP contribution is 2.29. The number of ether oxygens (including phenoxy) is 1. The third kappa shape index (κ3) is 4.96. The number of benzene rings is 2. The molecule has 0 aliphatic heterocycles. The first-order valence-electron chi connectivity index (χ1n) is 8.13. The number of carbonyl (C=O) groups excluding carboxylic acids is 1. The van der Waals surface area contributed by atoms with Gasteiger partial charge in [-0.15, -0.1) is 11.3 Å². The second-order valence-electron chi connectivity index (χ2n) is 5.49. The quantitative estimate of drug-likeness (QED) is 0.467. The molecule has 0 saturated heterocycles. The Kier molecular flexibility index (Phi) is 6.30. The number of hydrogen-bond acceptors (Lipinski definition) is 5. The maximum atomic E-state index is 12.0. The molecule has 3 aromatic rings. The molecule has 0 saturated carbocycles. The number of nitrogens with zero attached hydrogens (tertiary/aromatic N) is 1. The second-order valence-corrected chi connectivity index (χ2v) is 7.86. The topological polar surface area (TPSA) is 51.2 Å². The van der Waals surface area contributed by atoms with Crippen LogP contribution in [0.1, 0.15) is 18.4 Å². The average Bonchev–Trinajstić information content (AvgIpc) is 3.06. The van der Waals surface area contributed by atoms with Crippen molar-refractivity contribution in [3.63, 3.8) is 0 Å². The average molecular weight is 373 g/mol. The van der Waals surface area contributed by atoms with Crippen molar-refractivity contribution < 1.29 is 9.53 Å². The summed E-state index contributed by atoms with van der Waals surface area (Å²) >= 11 is 3.42. The van der Waals surface area contributed by atoms with Gasteiger partial charge in [-0.1, -0.05) is 42.1 Å². The third-order valence-electron chi connectivity index (χ3n) is 3.72. The van der Waals surface area contributed by atoms with Crippen molar-refractivity contribution in [3.05, 3.63) is 54.1 Å². The molecule has 3 rings (SSSR count). The summed E-state index contributed by atoms with van der Waals surface area (Å²) in [5.74, 6) is 1.76. The summed E-state index contributed by atoms with van der Waals surface area (Å²) in [6.45, 7) is 0.494. The highest BCUT2D eigenvalue weighted by Gasteiger charge is 2.07. The van der Waals surface area contributed by atoms with Gasteiger partial charge in [0.05, 0.1) is 17.3 Å². The van der Waals surface area contributed by atoms with Gasteiger partial charge < -0.3 is 10.1 Å². The second kappa shape index (κ2) is 8.87. The van der Waals surface area contributed by atoms with Crippen molar-refractivity contribution >= 4 is 39.2 Å². The highest BCUT2D eigenvalue weighted by molar-refractivity contribution is 8.01. The van der Waals surface area contributed by atoms with Gasteiger partial charge >= 0.3 is 0 Å². The summed E-state index contributed by atoms with van der Waals surface area (Å²) in [5.41, 5.74) is 2.03. The van der Waals surface area contributed by atoms with E-state index >= 15 is 0 Å². The molecule has 0 bridgehead atoms. The number of thiazole rings is 1. The molecule has 0 radical (unpaired) electrons. The predicted molar refractivity (Wildman–Crippen MR) is 104 cm³/mol. The summed E-state index contributed by atoms with van der Waals surface area (Å²) in [6.07, 6.45) is 1.35. The van der Waals surface area contributed by atoms with Crippen LogP contribution in [0.25, 0.3) is 10.2 Å². The van der Waals surface area contributed by atoms with Gasteiger partial charge in [-0.3, -0.25) is 4.79 Å². The summed E-state index contributed by atoms with van der Waals surface area (Å²) in [7, 11) is 1.64. The number of aromatic nitrogens is 1. The minimum absolute atomic E-state index is 0.0656. The van der Waals surface area contributed by atoms with Crippen LogP contribution in [-0.4, -0.2) is 23.8 Å². The van der Waals surface area contributed by atoms with Crippen molar-refractivity contribution in [3.8, 4) is 5.75 Å². The van der Waals surface area contributed by atoms with Gasteiger partial charge in [0.2, 0.25) is 5.91 Å². The molecule has 1 aromatic heterocycles. The molecule has 1 heterocycles. The molecular weight excluding hydrogens is 352 g/mol. The standard InChI is InChI=1S/C19H20N2O2S2/c1-23-16-9-4-2-7-14(16)13-20-18(22)11-6-12-24-19-21-15-8-3-5-10-17(15)25-19/h2-5,7-10H,6,11-13H2,1H3,(H,20,22). The number of carbonyl (C=O) groups is 1. The van der Waals surface area contributed by atoms with Crippen molar-refractivity contribution in [2.24, 2.45) is 0 Å². The zero-order valence-corrected chi connectivity index (χ0v) is 15.7. The maximum absolute atomic E-state index is 12.0. The van der Waals surface area contributed by atoms with E-state index in [0.29, 0.717) is 13.0 Å². The summed E-state index contributed by atoms with van der Waals surface area (Å²) in [6, 6.07) is 15.9. The zero-order valence-electron chi connectivity index (χ0n) is 14.0. The van der Waals surface area contributed by atoms with Crippen LogP contribution in [0.3, 0.4) is 0 Å². The molecule has 0 atom stereocenters. The van der Waals surface area contributed by atoms with Crippen LogP contribution in [0.4, 0.5) is 0 Å². The van der Waals surface area contributed by atoms with Crippen LogP contribution >= 0.6 is 23.1 Å². The lowest BCUT2D eigenvalue weighted by Crippen LogP contribution is -2.22. The number of para-hydroxylation sites is 2. The third-order valence-corrected chi connectivity index (χ3v) is 5.98. The largest absolute Gasteiger partial charge is 0.496 e. The number of amides is 1. The fraction of sp³-hybridized carbons (Fsp3) is 0.263. The number of nitrogens with one attached hydrogen (secondary N) is 1. The van der Waals surface area contributed by atoms with E-state index in [1.165, 1.54) is 4.70 Å². The smallest absolute Gasteiger partial charge is 0.220 e. The lowest BCUT2D eigenvalue weighted by molar-refractivity contribution is -0.121. The van der Waals surface area contributed by atoms with Crippen LogP contribution in [-0.2, 0) is 11.3 Å². The Labute approximate surface area is 155 Å². The minimum Gasteiger partial charge on any atom is -0.496 e. The van der Waals surface area contributed by atoms with Gasteiger partial charge in [0.25, 0.3) is 0 Å². The van der Waals surface area contributed by atoms with Gasteiger partial charge in [0.1, 0.15) is 5.75 Å². The van der Waals surface area contributed by atoms with Gasteiger partial charge in [-0.05, 0) is 24.6 Å². The maximum Gasteiger partial charge on any atom is 0.220 e. The van der Waals surface area contributed by atoms with E-state index in [-0.39, 0.29) is 5.91 Å². The number of methoxy groups -OCH3 is 1. The summed E-state index contributed by atoms with van der Waals surface area (Å²) < 4.78 is 7.56. The molecule has 2 aromatic carbocycles. The van der Waals surface area contributed by atoms with Gasteiger partial charge in [0, 0.05) is 24.3 Å². The number of hydrogen-bond donors (Lipinski definition) is 1. The number of fused-ring (bicyclic) bond motifs is 1. The molecule has 0 unspecified atom stereocenters. The Balaban J connectivity index is 1.39. The first-order chi connectivity index (χ1) is 12.3. The molecule has 130 valence electrons. The SMILES string of the molecule is COc1ccccc1CNC(=O)CCCSc1nc2ccccc2s1. The van der Waals surface area contributed by atoms with Crippen LogP contribution in [0.2, 0.25) is 0 Å². The lowest BCUT2D eigenvalue weighted by Gasteiger charge is -2.09. The fourth-order valence-electron chi connectivity index (χ4n) is 2.44. The van der Waals surface area contributed by atoms with Gasteiger partial charge in [-0.25, -0.2) is 4.98 Å². The minimum atomic E-state index is 0.0656. The Morgan fingerprint density at radius 1 is 1.20 bits per heavy atom. The van der Waals surface area contributed by atoms with E-state index in [9.17, 15) is 4.79 Å². The lowest BCUT2D eigenvalue weighted by atomic mass is 10.2. The molecule has 25 heavy (non-hydrogen) atoms. The number of thioether (sulfide) groups is 1. The molecule has 0 fully saturated rings. The summed E-state index contributed by atoms with van der Waals surface area (Å²) in [5, 5.41) is 2.95. The van der Waals surface area contributed by atoms with Crippen LogP contribution < -0.4 is 10.1 Å². The van der Waals surface area contributed by atoms with Crippen LogP contribution in [0.5, 0.6) is 5.75 Å². The summed E-state index contributed by atoms with van der Waals surface area (Å²) in [4.78, 5) is 16.6. The Bertz CT molecular complexity index is 815. The fourth-order valence-corrected chi connectivity index (χ4v) is 4.51. The van der Waals surface area contributed by atoms with Crippen LogP contribution in [0.15, 0.2) is 52.9 Å². The Morgan fingerprint density at radius 2 is 2.00 bits per heavy atom. The van der Waals surface area contributed by atoms with Crippen molar-refractivity contribution in [1.29, 1.82) is 0 Å². The van der Waals surface area contributed by atoms with Crippen LogP contribution in [0, 0.1) is 0 Å². The van der Waals surface area contributed by atoms with E-state index in [0.717, 1.165) is 33.3 Å². The Morgan fingerprint density at radius 3 is 2.84 bits per heavy atom. The molecule has 6 heteroatoms. The Hall–Kier alpha value is -2.05. The van der Waals surface area contributed by atoms with E-state index in [4.69, 9.17) is 4.74 Å². The normalized spacial score (nSPS) is 10.8. The highest BCUT2D eigenvalue weighted by atomic mass is 32.2. The van der Waals surface area contributed by atoms with Crippen molar-refractivity contribution in [1.82, 2.24) is 10.3 Å². The number of rotatable bonds is 8. The van der Waals surface area contributed by atoms with E-state index < -0.39 is 0 Å². The first kappa shape index (κ1) is 17.8. The molecule has 1 amide bonds. The molecule has 4 nitrogen and oxygen atoms in total. The van der Waals surface area contributed by atoms with Crippen molar-refractivity contribution in [2.45, 2.75) is 23.7 Å². The monoisotopic (exact) mass is 372 g/mol. The van der Waals surface area contributed by atoms with Gasteiger partial charge in [0.15, 0.2) is 4.34 Å². The van der Waals surface area contributed by atoms with Gasteiger partial charge in [-0.2, -0.15) is 0 Å². The predicted octanol–water partition coefficient (Wildman–Crippen LogP) is 4.49. The molecular formula is C19H20N2O2S2.